The van der Waals surface area contributed by atoms with Crippen molar-refractivity contribution >= 4 is 5.95 Å². The molecule has 0 aliphatic heterocycles. The fourth-order valence-electron chi connectivity index (χ4n) is 0.876. The number of nitrogens with zero attached hydrogens (tertiary/aromatic N) is 2. The standard InChI is InChI=1S/C8H14N4O2/c1-13-6-5-7(14-2)12-8(11-6)10-4-3-9/h5H,3-4,9H2,1-2H3,(H,10,11,12). The van der Waals surface area contributed by atoms with Gasteiger partial charge < -0.3 is 20.5 Å². The number of rotatable bonds is 5. The lowest BCUT2D eigenvalue weighted by molar-refractivity contribution is 0.373. The van der Waals surface area contributed by atoms with Gasteiger partial charge in [0.25, 0.3) is 0 Å². The first-order valence-electron chi connectivity index (χ1n) is 4.21. The van der Waals surface area contributed by atoms with Gasteiger partial charge in [-0.1, -0.05) is 0 Å². The van der Waals surface area contributed by atoms with Crippen LogP contribution in [0.25, 0.3) is 0 Å². The second-order valence-electron chi connectivity index (χ2n) is 2.49. The average molecular weight is 198 g/mol. The van der Waals surface area contributed by atoms with Crippen LogP contribution in [0.5, 0.6) is 11.8 Å². The second-order valence-corrected chi connectivity index (χ2v) is 2.49. The first kappa shape index (κ1) is 10.5. The van der Waals surface area contributed by atoms with Crippen LogP contribution in [0.3, 0.4) is 0 Å². The van der Waals surface area contributed by atoms with Crippen LogP contribution in [0.2, 0.25) is 0 Å². The van der Waals surface area contributed by atoms with Crippen molar-refractivity contribution in [1.82, 2.24) is 9.97 Å². The maximum atomic E-state index is 5.34. The number of ether oxygens (including phenoxy) is 2. The van der Waals surface area contributed by atoms with E-state index in [2.05, 4.69) is 15.3 Å². The number of nitrogens with one attached hydrogen (secondary N) is 1. The Kier molecular flexibility index (Phi) is 3.93. The third-order valence-electron chi connectivity index (χ3n) is 1.52. The predicted octanol–water partition coefficient (Wildman–Crippen LogP) is -0.136. The van der Waals surface area contributed by atoms with Crippen molar-refractivity contribution in [2.75, 3.05) is 32.6 Å². The van der Waals surface area contributed by atoms with Crippen LogP contribution in [0.15, 0.2) is 6.07 Å². The minimum absolute atomic E-state index is 0.451. The Labute approximate surface area is 82.4 Å². The molecule has 0 amide bonds. The summed E-state index contributed by atoms with van der Waals surface area (Å²) in [6.07, 6.45) is 0. The van der Waals surface area contributed by atoms with E-state index in [0.717, 1.165) is 0 Å². The monoisotopic (exact) mass is 198 g/mol. The Morgan fingerprint density at radius 1 is 1.29 bits per heavy atom. The molecule has 6 heteroatoms. The van der Waals surface area contributed by atoms with Gasteiger partial charge in [-0.2, -0.15) is 9.97 Å². The van der Waals surface area contributed by atoms with E-state index >= 15 is 0 Å². The molecular weight excluding hydrogens is 184 g/mol. The third kappa shape index (κ3) is 2.74. The quantitative estimate of drug-likeness (QED) is 0.685. The van der Waals surface area contributed by atoms with Gasteiger partial charge in [0, 0.05) is 13.1 Å². The van der Waals surface area contributed by atoms with E-state index in [4.69, 9.17) is 15.2 Å². The normalized spacial score (nSPS) is 9.64. The smallest absolute Gasteiger partial charge is 0.229 e. The number of hydrogen-bond donors (Lipinski definition) is 2. The van der Waals surface area contributed by atoms with E-state index in [-0.39, 0.29) is 0 Å². The van der Waals surface area contributed by atoms with Gasteiger partial charge in [0.05, 0.1) is 20.3 Å². The third-order valence-corrected chi connectivity index (χ3v) is 1.52. The van der Waals surface area contributed by atoms with E-state index in [1.165, 1.54) is 14.2 Å². The maximum absolute atomic E-state index is 5.34. The zero-order chi connectivity index (χ0) is 10.4. The first-order valence-corrected chi connectivity index (χ1v) is 4.21. The van der Waals surface area contributed by atoms with Crippen molar-refractivity contribution in [2.24, 2.45) is 5.73 Å². The molecule has 0 aromatic carbocycles. The maximum Gasteiger partial charge on any atom is 0.229 e. The summed E-state index contributed by atoms with van der Waals surface area (Å²) in [7, 11) is 3.07. The Morgan fingerprint density at radius 2 is 1.86 bits per heavy atom. The van der Waals surface area contributed by atoms with Crippen molar-refractivity contribution in [1.29, 1.82) is 0 Å². The van der Waals surface area contributed by atoms with Crippen LogP contribution in [-0.4, -0.2) is 37.3 Å². The van der Waals surface area contributed by atoms with Crippen molar-refractivity contribution in [3.63, 3.8) is 0 Å². The van der Waals surface area contributed by atoms with Crippen molar-refractivity contribution in [3.8, 4) is 11.8 Å². The highest BCUT2D eigenvalue weighted by Crippen LogP contribution is 2.16. The van der Waals surface area contributed by atoms with Crippen LogP contribution in [0.4, 0.5) is 5.95 Å². The van der Waals surface area contributed by atoms with Crippen LogP contribution >= 0.6 is 0 Å². The molecule has 3 N–H and O–H groups in total. The van der Waals surface area contributed by atoms with Gasteiger partial charge in [0.1, 0.15) is 0 Å². The lowest BCUT2D eigenvalue weighted by Crippen LogP contribution is -2.15. The number of methoxy groups -OCH3 is 2. The SMILES string of the molecule is COc1cc(OC)nc(NCCN)n1. The van der Waals surface area contributed by atoms with Crippen LogP contribution in [0, 0.1) is 0 Å². The zero-order valence-corrected chi connectivity index (χ0v) is 8.28. The highest BCUT2D eigenvalue weighted by Gasteiger charge is 2.03. The highest BCUT2D eigenvalue weighted by molar-refractivity contribution is 5.33. The summed E-state index contributed by atoms with van der Waals surface area (Å²) in [5.41, 5.74) is 5.34. The molecule has 0 aliphatic carbocycles. The molecule has 0 saturated carbocycles. The molecule has 0 unspecified atom stereocenters. The van der Waals surface area contributed by atoms with Gasteiger partial charge in [-0.3, -0.25) is 0 Å². The van der Waals surface area contributed by atoms with Gasteiger partial charge in [0.2, 0.25) is 17.7 Å². The largest absolute Gasteiger partial charge is 0.481 e. The van der Waals surface area contributed by atoms with Gasteiger partial charge in [-0.25, -0.2) is 0 Å². The van der Waals surface area contributed by atoms with Gasteiger partial charge >= 0.3 is 0 Å². The number of anilines is 1. The number of aromatic nitrogens is 2. The van der Waals surface area contributed by atoms with Crippen LogP contribution in [-0.2, 0) is 0 Å². The van der Waals surface area contributed by atoms with Crippen molar-refractivity contribution in [3.05, 3.63) is 6.07 Å². The summed E-state index contributed by atoms with van der Waals surface area (Å²) in [6, 6.07) is 1.60. The minimum Gasteiger partial charge on any atom is -0.481 e. The predicted molar refractivity (Wildman–Crippen MR) is 52.7 cm³/mol. The molecule has 0 spiro atoms. The van der Waals surface area contributed by atoms with Crippen molar-refractivity contribution in [2.45, 2.75) is 0 Å². The summed E-state index contributed by atoms with van der Waals surface area (Å²) >= 11 is 0. The summed E-state index contributed by atoms with van der Waals surface area (Å²) in [5, 5.41) is 2.94. The Hall–Kier alpha value is -1.56. The molecule has 0 atom stereocenters. The fourth-order valence-corrected chi connectivity index (χ4v) is 0.876. The zero-order valence-electron chi connectivity index (χ0n) is 8.28. The van der Waals surface area contributed by atoms with Crippen LogP contribution < -0.4 is 20.5 Å². The highest BCUT2D eigenvalue weighted by atomic mass is 16.5. The molecule has 14 heavy (non-hydrogen) atoms. The minimum atomic E-state index is 0.451. The molecular formula is C8H14N4O2. The molecule has 0 fully saturated rings. The molecule has 0 radical (unpaired) electrons. The summed E-state index contributed by atoms with van der Waals surface area (Å²) in [4.78, 5) is 8.11. The molecule has 1 aromatic rings. The summed E-state index contributed by atoms with van der Waals surface area (Å²) in [5.74, 6) is 1.36. The molecule has 0 aliphatic rings. The molecule has 1 heterocycles. The van der Waals surface area contributed by atoms with Gasteiger partial charge in [-0.15, -0.1) is 0 Å². The van der Waals surface area contributed by atoms with E-state index in [1.807, 2.05) is 0 Å². The van der Waals surface area contributed by atoms with E-state index < -0.39 is 0 Å². The van der Waals surface area contributed by atoms with Gasteiger partial charge in [0.15, 0.2) is 0 Å². The topological polar surface area (TPSA) is 82.3 Å². The van der Waals surface area contributed by atoms with E-state index in [0.29, 0.717) is 30.8 Å². The lowest BCUT2D eigenvalue weighted by Gasteiger charge is -2.06. The van der Waals surface area contributed by atoms with Crippen molar-refractivity contribution < 1.29 is 9.47 Å². The summed E-state index contributed by atoms with van der Waals surface area (Å²) < 4.78 is 9.95. The Balaban J connectivity index is 2.81. The first-order chi connectivity index (χ1) is 6.80. The molecule has 1 rings (SSSR count). The average Bonchev–Trinajstić information content (AvgIpc) is 2.25. The number of hydrogen-bond acceptors (Lipinski definition) is 6. The molecule has 6 nitrogen and oxygen atoms in total. The van der Waals surface area contributed by atoms with Gasteiger partial charge in [-0.05, 0) is 0 Å². The summed E-state index contributed by atoms with van der Waals surface area (Å²) in [6.45, 7) is 1.12. The Morgan fingerprint density at radius 3 is 2.29 bits per heavy atom. The molecule has 78 valence electrons. The van der Waals surface area contributed by atoms with E-state index in [1.54, 1.807) is 6.07 Å². The molecule has 0 saturated heterocycles. The van der Waals surface area contributed by atoms with Crippen LogP contribution in [0.1, 0.15) is 0 Å². The fraction of sp³-hybridized carbons (Fsp3) is 0.500. The van der Waals surface area contributed by atoms with E-state index in [9.17, 15) is 0 Å². The molecule has 0 bridgehead atoms. The molecule has 1 aromatic heterocycles. The lowest BCUT2D eigenvalue weighted by atomic mass is 10.6. The second kappa shape index (κ2) is 5.23. The Bertz CT molecular complexity index is 270. The number of nitrogens with two attached hydrogens (primary N) is 1.